The van der Waals surface area contributed by atoms with Gasteiger partial charge in [-0.2, -0.15) is 0 Å². The SMILES string of the molecule is CSc1nc(C)c(CCC(=O)O[C@@H](C)C(=O)N2c3ccccc3C[C@H]2C)c(C)n1. The Morgan fingerprint density at radius 3 is 2.55 bits per heavy atom. The Morgan fingerprint density at radius 1 is 1.24 bits per heavy atom. The van der Waals surface area contributed by atoms with Crippen molar-refractivity contribution in [1.82, 2.24) is 9.97 Å². The number of ether oxygens (including phenoxy) is 1. The Bertz CT molecular complexity index is 908. The second-order valence-electron chi connectivity index (χ2n) is 7.38. The van der Waals surface area contributed by atoms with Crippen LogP contribution in [0.25, 0.3) is 0 Å². The number of para-hydroxylation sites is 1. The second kappa shape index (κ2) is 8.95. The summed E-state index contributed by atoms with van der Waals surface area (Å²) in [6.07, 6.45) is 2.60. The smallest absolute Gasteiger partial charge is 0.306 e. The first-order valence-corrected chi connectivity index (χ1v) is 11.0. The maximum atomic E-state index is 12.9. The van der Waals surface area contributed by atoms with E-state index >= 15 is 0 Å². The zero-order valence-electron chi connectivity index (χ0n) is 17.6. The summed E-state index contributed by atoms with van der Waals surface area (Å²) in [7, 11) is 0. The highest BCUT2D eigenvalue weighted by Gasteiger charge is 2.34. The number of hydrogen-bond donors (Lipinski definition) is 0. The van der Waals surface area contributed by atoms with Crippen LogP contribution in [0.4, 0.5) is 5.69 Å². The molecule has 0 N–H and O–H groups in total. The number of rotatable bonds is 6. The number of esters is 1. The van der Waals surface area contributed by atoms with Crippen molar-refractivity contribution < 1.29 is 14.3 Å². The predicted octanol–water partition coefficient (Wildman–Crippen LogP) is 3.66. The lowest BCUT2D eigenvalue weighted by Gasteiger charge is -2.26. The van der Waals surface area contributed by atoms with E-state index in [2.05, 4.69) is 9.97 Å². The Morgan fingerprint density at radius 2 is 1.90 bits per heavy atom. The molecule has 1 aromatic carbocycles. The lowest BCUT2D eigenvalue weighted by molar-refractivity contribution is -0.154. The van der Waals surface area contributed by atoms with Crippen molar-refractivity contribution >= 4 is 29.3 Å². The maximum Gasteiger partial charge on any atom is 0.306 e. The van der Waals surface area contributed by atoms with Gasteiger partial charge >= 0.3 is 5.97 Å². The van der Waals surface area contributed by atoms with E-state index in [1.165, 1.54) is 11.8 Å². The molecule has 2 atom stereocenters. The first kappa shape index (κ1) is 21.3. The summed E-state index contributed by atoms with van der Waals surface area (Å²) < 4.78 is 5.46. The number of aryl methyl sites for hydroxylation is 2. The minimum absolute atomic E-state index is 0.0541. The third kappa shape index (κ3) is 4.61. The molecular formula is C22H27N3O3S. The Balaban J connectivity index is 1.61. The van der Waals surface area contributed by atoms with Crippen molar-refractivity contribution in [1.29, 1.82) is 0 Å². The molecule has 0 saturated carbocycles. The van der Waals surface area contributed by atoms with E-state index in [9.17, 15) is 9.59 Å². The van der Waals surface area contributed by atoms with Crippen molar-refractivity contribution in [3.63, 3.8) is 0 Å². The fourth-order valence-electron chi connectivity index (χ4n) is 3.79. The third-order valence-electron chi connectivity index (χ3n) is 5.26. The molecule has 29 heavy (non-hydrogen) atoms. The molecule has 0 radical (unpaired) electrons. The highest BCUT2D eigenvalue weighted by Crippen LogP contribution is 2.32. The van der Waals surface area contributed by atoms with Gasteiger partial charge in [-0.1, -0.05) is 30.0 Å². The highest BCUT2D eigenvalue weighted by molar-refractivity contribution is 7.98. The van der Waals surface area contributed by atoms with Crippen LogP contribution in [-0.4, -0.2) is 40.2 Å². The maximum absolute atomic E-state index is 12.9. The van der Waals surface area contributed by atoms with Crippen LogP contribution in [0.5, 0.6) is 0 Å². The predicted molar refractivity (Wildman–Crippen MR) is 114 cm³/mol. The summed E-state index contributed by atoms with van der Waals surface area (Å²) in [5.74, 6) is -0.574. The molecule has 3 rings (SSSR count). The number of carbonyl (C=O) groups is 2. The molecule has 0 saturated heterocycles. The quantitative estimate of drug-likeness (QED) is 0.409. The number of hydrogen-bond acceptors (Lipinski definition) is 6. The summed E-state index contributed by atoms with van der Waals surface area (Å²) in [5, 5.41) is 0.727. The molecule has 0 bridgehead atoms. The highest BCUT2D eigenvalue weighted by atomic mass is 32.2. The molecule has 2 aromatic rings. The fourth-order valence-corrected chi connectivity index (χ4v) is 4.25. The second-order valence-corrected chi connectivity index (χ2v) is 8.16. The molecule has 0 fully saturated rings. The molecule has 0 spiro atoms. The average Bonchev–Trinajstić information content (AvgIpc) is 3.02. The molecule has 0 aliphatic carbocycles. The van der Waals surface area contributed by atoms with Gasteiger partial charge in [0.1, 0.15) is 0 Å². The number of fused-ring (bicyclic) bond motifs is 1. The van der Waals surface area contributed by atoms with Gasteiger partial charge in [0.05, 0.1) is 0 Å². The summed E-state index contributed by atoms with van der Waals surface area (Å²) in [4.78, 5) is 35.9. The van der Waals surface area contributed by atoms with E-state index < -0.39 is 12.1 Å². The van der Waals surface area contributed by atoms with Crippen LogP contribution < -0.4 is 4.90 Å². The average molecular weight is 414 g/mol. The third-order valence-corrected chi connectivity index (χ3v) is 5.81. The van der Waals surface area contributed by atoms with E-state index in [1.54, 1.807) is 11.8 Å². The normalized spacial score (nSPS) is 16.4. The minimum atomic E-state index is -0.826. The minimum Gasteiger partial charge on any atom is -0.453 e. The van der Waals surface area contributed by atoms with E-state index in [1.807, 2.05) is 51.3 Å². The Labute approximate surface area is 176 Å². The van der Waals surface area contributed by atoms with Gasteiger partial charge < -0.3 is 9.64 Å². The first-order chi connectivity index (χ1) is 13.8. The van der Waals surface area contributed by atoms with Crippen LogP contribution in [0.2, 0.25) is 0 Å². The van der Waals surface area contributed by atoms with Crippen molar-refractivity contribution in [3.8, 4) is 0 Å². The largest absolute Gasteiger partial charge is 0.453 e. The van der Waals surface area contributed by atoms with Gasteiger partial charge in [0.25, 0.3) is 5.91 Å². The molecule has 7 heteroatoms. The Hall–Kier alpha value is -2.41. The van der Waals surface area contributed by atoms with E-state index in [0.29, 0.717) is 6.42 Å². The number of nitrogens with zero attached hydrogens (tertiary/aromatic N) is 3. The monoisotopic (exact) mass is 413 g/mol. The summed E-state index contributed by atoms with van der Waals surface area (Å²) in [5.41, 5.74) is 4.76. The van der Waals surface area contributed by atoms with E-state index in [-0.39, 0.29) is 18.4 Å². The van der Waals surface area contributed by atoms with Crippen LogP contribution in [0.15, 0.2) is 29.4 Å². The van der Waals surface area contributed by atoms with Gasteiger partial charge in [-0.15, -0.1) is 0 Å². The van der Waals surface area contributed by atoms with Gasteiger partial charge in [0.2, 0.25) is 0 Å². The van der Waals surface area contributed by atoms with Crippen LogP contribution in [0.1, 0.15) is 42.8 Å². The van der Waals surface area contributed by atoms with Crippen molar-refractivity contribution in [2.45, 2.75) is 64.3 Å². The van der Waals surface area contributed by atoms with E-state index in [4.69, 9.17) is 4.74 Å². The molecular weight excluding hydrogens is 386 g/mol. The molecule has 0 unspecified atom stereocenters. The van der Waals surface area contributed by atoms with Crippen molar-refractivity contribution in [3.05, 3.63) is 46.8 Å². The topological polar surface area (TPSA) is 72.4 Å². The van der Waals surface area contributed by atoms with Gasteiger partial charge in [-0.25, -0.2) is 9.97 Å². The summed E-state index contributed by atoms with van der Waals surface area (Å²) in [6, 6.07) is 7.92. The fraction of sp³-hybridized carbons (Fsp3) is 0.455. The molecule has 154 valence electrons. The number of carbonyl (C=O) groups excluding carboxylic acids is 2. The van der Waals surface area contributed by atoms with Gasteiger partial charge in [0.15, 0.2) is 11.3 Å². The zero-order valence-corrected chi connectivity index (χ0v) is 18.4. The molecule has 1 amide bonds. The molecule has 1 aliphatic rings. The zero-order chi connectivity index (χ0) is 21.1. The summed E-state index contributed by atoms with van der Waals surface area (Å²) >= 11 is 1.49. The van der Waals surface area contributed by atoms with Crippen molar-refractivity contribution in [2.24, 2.45) is 0 Å². The summed E-state index contributed by atoms with van der Waals surface area (Å²) in [6.45, 7) is 7.50. The van der Waals surface area contributed by atoms with Gasteiger partial charge in [-0.05, 0) is 64.0 Å². The lowest BCUT2D eigenvalue weighted by atomic mass is 10.1. The molecule has 1 aromatic heterocycles. The number of amides is 1. The molecule has 1 aliphatic heterocycles. The van der Waals surface area contributed by atoms with Gasteiger partial charge in [0, 0.05) is 29.5 Å². The standard InChI is InChI=1S/C22H27N3O3S/c1-13-12-17-8-6-7-9-19(17)25(13)21(27)16(4)28-20(26)11-10-18-14(2)23-22(29-5)24-15(18)3/h6-9,13,16H,10-12H2,1-5H3/t13-,16+/m1/s1. The Kier molecular flexibility index (Phi) is 6.57. The van der Waals surface area contributed by atoms with Crippen LogP contribution in [-0.2, 0) is 27.2 Å². The number of benzene rings is 1. The first-order valence-electron chi connectivity index (χ1n) is 9.80. The number of aromatic nitrogens is 2. The van der Waals surface area contributed by atoms with Crippen LogP contribution >= 0.6 is 11.8 Å². The van der Waals surface area contributed by atoms with E-state index in [0.717, 1.165) is 39.8 Å². The van der Waals surface area contributed by atoms with Crippen molar-refractivity contribution in [2.75, 3.05) is 11.2 Å². The molecule has 2 heterocycles. The number of anilines is 1. The van der Waals surface area contributed by atoms with Gasteiger partial charge in [-0.3, -0.25) is 9.59 Å². The van der Waals surface area contributed by atoms with Crippen LogP contribution in [0.3, 0.4) is 0 Å². The molecule has 6 nitrogen and oxygen atoms in total. The lowest BCUT2D eigenvalue weighted by Crippen LogP contribution is -2.43. The van der Waals surface area contributed by atoms with Crippen LogP contribution in [0, 0.1) is 13.8 Å². The number of thioether (sulfide) groups is 1.